The second-order valence-electron chi connectivity index (χ2n) is 8.54. The molecule has 154 valence electrons. The number of piperidine rings is 1. The summed E-state index contributed by atoms with van der Waals surface area (Å²) in [5, 5.41) is 0. The first kappa shape index (κ1) is 9.99. The first-order valence-corrected chi connectivity index (χ1v) is 8.95. The van der Waals surface area contributed by atoms with Crippen molar-refractivity contribution >= 4 is 18.7 Å². The highest BCUT2D eigenvalue weighted by molar-refractivity contribution is 6.62. The van der Waals surface area contributed by atoms with E-state index in [2.05, 4.69) is 0 Å². The molecule has 6 heteroatoms. The molecule has 2 fully saturated rings. The predicted molar refractivity (Wildman–Crippen MR) is 112 cm³/mol. The van der Waals surface area contributed by atoms with Gasteiger partial charge in [0.2, 0.25) is 0 Å². The number of hydrogen-bond acceptors (Lipinski definition) is 4. The van der Waals surface area contributed by atoms with Crippen LogP contribution in [0.4, 0.5) is 4.79 Å². The van der Waals surface area contributed by atoms with Gasteiger partial charge in [0.15, 0.2) is 0 Å². The van der Waals surface area contributed by atoms with Crippen LogP contribution in [-0.4, -0.2) is 47.9 Å². The Bertz CT molecular complexity index is 1240. The molecule has 5 nitrogen and oxygen atoms in total. The number of nitrogens with zero attached hydrogens (tertiary/aromatic N) is 1. The summed E-state index contributed by atoms with van der Waals surface area (Å²) in [4.78, 5) is 12.6. The second-order valence-corrected chi connectivity index (χ2v) is 8.54. The van der Waals surface area contributed by atoms with Crippen molar-refractivity contribution < 1.29 is 36.7 Å². The van der Waals surface area contributed by atoms with Gasteiger partial charge in [-0.1, -0.05) is 24.2 Å². The van der Waals surface area contributed by atoms with E-state index >= 15 is 0 Å². The monoisotopic (exact) mass is 400 g/mol. The van der Waals surface area contributed by atoms with Gasteiger partial charge in [-0.3, -0.25) is 0 Å². The summed E-state index contributed by atoms with van der Waals surface area (Å²) in [5.41, 5.74) is -5.09. The van der Waals surface area contributed by atoms with Gasteiger partial charge < -0.3 is 18.9 Å². The third-order valence-electron chi connectivity index (χ3n) is 4.54. The van der Waals surface area contributed by atoms with Crippen LogP contribution in [0, 0.1) is 0 Å². The van der Waals surface area contributed by atoms with Crippen molar-refractivity contribution in [3.8, 4) is 0 Å². The number of amides is 1. The minimum atomic E-state index is -3.87. The summed E-state index contributed by atoms with van der Waals surface area (Å²) in [6, 6.07) is -3.88. The van der Waals surface area contributed by atoms with E-state index in [1.54, 1.807) is 27.7 Å². The summed E-state index contributed by atoms with van der Waals surface area (Å²) in [5.74, 6) is -3.78. The average molecular weight is 400 g/mol. The number of carbonyl (C=O) groups excluding carboxylic acids is 1. The molecule has 1 aromatic carbocycles. The number of ether oxygens (including phenoxy) is 1. The Morgan fingerprint density at radius 2 is 1.82 bits per heavy atom. The maximum atomic E-state index is 13.0. The van der Waals surface area contributed by atoms with Crippen LogP contribution >= 0.6 is 0 Å². The van der Waals surface area contributed by atoms with Crippen LogP contribution in [-0.2, 0) is 14.0 Å². The van der Waals surface area contributed by atoms with E-state index in [-0.39, 0.29) is 4.90 Å². The van der Waals surface area contributed by atoms with Gasteiger partial charge in [-0.05, 0) is 78.1 Å². The summed E-state index contributed by atoms with van der Waals surface area (Å²) >= 11 is 0. The van der Waals surface area contributed by atoms with Gasteiger partial charge in [-0.2, -0.15) is 0 Å². The minimum absolute atomic E-state index is 0.374. The lowest BCUT2D eigenvalue weighted by Gasteiger charge is -2.33. The Kier molecular flexibility index (Phi) is 2.63. The van der Waals surface area contributed by atoms with Crippen molar-refractivity contribution in [2.45, 2.75) is 83.9 Å². The predicted octanol–water partition coefficient (Wildman–Crippen LogP) is 4.10. The molecular formula is C22H34BNO4. The zero-order valence-electron chi connectivity index (χ0n) is 30.2. The lowest BCUT2D eigenvalue weighted by atomic mass is 9.76. The molecular weight excluding hydrogens is 353 g/mol. The number of hydrogen-bond donors (Lipinski definition) is 0. The minimum Gasteiger partial charge on any atom is -0.444 e. The molecule has 0 N–H and O–H groups in total. The Morgan fingerprint density at radius 3 is 2.36 bits per heavy atom. The highest BCUT2D eigenvalue weighted by Gasteiger charge is 2.51. The van der Waals surface area contributed by atoms with Crippen LogP contribution in [0.15, 0.2) is 24.2 Å². The van der Waals surface area contributed by atoms with Gasteiger partial charge in [0.05, 0.1) is 16.7 Å². The van der Waals surface area contributed by atoms with Crippen LogP contribution in [0.2, 0.25) is 0 Å². The summed E-state index contributed by atoms with van der Waals surface area (Å²) < 4.78 is 129. The Balaban J connectivity index is 2.41. The summed E-state index contributed by atoms with van der Waals surface area (Å²) in [6.45, 7) is 3.17. The molecule has 1 amide bonds. The Labute approximate surface area is 188 Å². The first-order chi connectivity index (χ1) is 18.0. The van der Waals surface area contributed by atoms with Crippen molar-refractivity contribution in [3.05, 3.63) is 29.7 Å². The Hall–Kier alpha value is -1.53. The quantitative estimate of drug-likeness (QED) is 0.702. The third-order valence-corrected chi connectivity index (χ3v) is 4.54. The first-order valence-electron chi connectivity index (χ1n) is 15.5. The van der Waals surface area contributed by atoms with Crippen molar-refractivity contribution in [3.63, 3.8) is 0 Å². The fourth-order valence-electron chi connectivity index (χ4n) is 2.37. The largest absolute Gasteiger partial charge is 0.494 e. The normalized spacial score (nSPS) is 37.5. The molecule has 0 aliphatic carbocycles. The Morgan fingerprint density at radius 1 is 1.25 bits per heavy atom. The molecule has 2 saturated heterocycles. The van der Waals surface area contributed by atoms with E-state index in [0.717, 1.165) is 0 Å². The van der Waals surface area contributed by atoms with Crippen molar-refractivity contribution in [2.24, 2.45) is 0 Å². The molecule has 28 heavy (non-hydrogen) atoms. The van der Waals surface area contributed by atoms with E-state index < -0.39 is 96.8 Å². The third kappa shape index (κ3) is 4.55. The van der Waals surface area contributed by atoms with Crippen LogP contribution < -0.4 is 5.46 Å². The van der Waals surface area contributed by atoms with E-state index in [4.69, 9.17) is 30.5 Å². The fourth-order valence-corrected chi connectivity index (χ4v) is 2.37. The molecule has 0 bridgehead atoms. The van der Waals surface area contributed by atoms with E-state index in [0.29, 0.717) is 0 Å². The molecule has 2 heterocycles. The smallest absolute Gasteiger partial charge is 0.444 e. The van der Waals surface area contributed by atoms with Crippen LogP contribution in [0.5, 0.6) is 0 Å². The van der Waals surface area contributed by atoms with E-state index in [1.165, 1.54) is 20.8 Å². The molecule has 2 aliphatic heterocycles. The lowest BCUT2D eigenvalue weighted by molar-refractivity contribution is 0.00578. The molecule has 0 unspecified atom stereocenters. The van der Waals surface area contributed by atoms with Crippen molar-refractivity contribution in [1.82, 2.24) is 4.90 Å². The van der Waals surface area contributed by atoms with Crippen LogP contribution in [0.25, 0.3) is 0 Å². The van der Waals surface area contributed by atoms with Gasteiger partial charge in [-0.15, -0.1) is 0 Å². The van der Waals surface area contributed by atoms with Crippen LogP contribution in [0.3, 0.4) is 0 Å². The maximum absolute atomic E-state index is 13.0. The van der Waals surface area contributed by atoms with Gasteiger partial charge >= 0.3 is 13.2 Å². The highest BCUT2D eigenvalue weighted by atomic mass is 16.7. The average Bonchev–Trinajstić information content (AvgIpc) is 2.95. The topological polar surface area (TPSA) is 48.0 Å². The second kappa shape index (κ2) is 7.38. The fraction of sp³-hybridized carbons (Fsp3) is 0.682. The highest BCUT2D eigenvalue weighted by Crippen LogP contribution is 2.37. The molecule has 2 aliphatic rings. The van der Waals surface area contributed by atoms with E-state index in [1.807, 2.05) is 0 Å². The molecule has 0 spiro atoms. The van der Waals surface area contributed by atoms with Gasteiger partial charge in [-0.25, -0.2) is 4.79 Å². The van der Waals surface area contributed by atoms with Gasteiger partial charge in [0, 0.05) is 25.3 Å². The van der Waals surface area contributed by atoms with E-state index in [9.17, 15) is 6.17 Å². The molecule has 3 rings (SSSR count). The molecule has 1 aromatic rings. The van der Waals surface area contributed by atoms with Gasteiger partial charge in [0.25, 0.3) is 0 Å². The lowest BCUT2D eigenvalue weighted by Crippen LogP contribution is -2.41. The maximum Gasteiger partial charge on any atom is 0.494 e. The molecule has 0 atom stereocenters. The van der Waals surface area contributed by atoms with Crippen molar-refractivity contribution in [1.29, 1.82) is 0 Å². The van der Waals surface area contributed by atoms with Crippen LogP contribution in [0.1, 0.15) is 90.5 Å². The van der Waals surface area contributed by atoms with Crippen molar-refractivity contribution in [2.75, 3.05) is 13.0 Å². The molecule has 0 radical (unpaired) electrons. The number of carbonyl (C=O) groups is 1. The standard InChI is InChI=1S/C22H34BNO4/c1-20(2,3)26-19(25)24-13-11-16(12-14-24)17-9-8-10-18(15-17)23-27-21(4,5)22(6,7)28-23/h8-10,15-16H,11-14H2,1-7H3/i8D,9D,10D,11D2,12D2,13D2,14D2,15D,16D. The number of benzene rings is 1. The summed E-state index contributed by atoms with van der Waals surface area (Å²) in [7, 11) is -1.54. The zero-order chi connectivity index (χ0) is 32.3. The summed E-state index contributed by atoms with van der Waals surface area (Å²) in [6.07, 6.45) is -9.48. The molecule has 0 aromatic heterocycles. The molecule has 0 saturated carbocycles. The SMILES string of the molecule is [2H]c1c([2H])c(B2OC(C)(C)C(C)(C)O2)c([2H])c(C2([2H])C([2H])([2H])C([2H])([2H])N(C(=O)OC(C)(C)C)C([2H])([2H])C2([2H])[2H])c1[2H]. The van der Waals surface area contributed by atoms with Gasteiger partial charge in [0.1, 0.15) is 5.60 Å². The number of likely N-dealkylation sites (tertiary alicyclic amines) is 1. The number of rotatable bonds is 2. The zero-order valence-corrected chi connectivity index (χ0v) is 17.2.